The molecule has 2 aliphatic heterocycles. The van der Waals surface area contributed by atoms with E-state index < -0.39 is 10.2 Å². The predicted octanol–water partition coefficient (Wildman–Crippen LogP) is 2.35. The van der Waals surface area contributed by atoms with Crippen molar-refractivity contribution in [2.45, 2.75) is 64.0 Å². The quantitative estimate of drug-likeness (QED) is 0.670. The fourth-order valence-electron chi connectivity index (χ4n) is 5.09. The summed E-state index contributed by atoms with van der Waals surface area (Å²) in [5.41, 5.74) is 8.20. The molecule has 170 valence electrons. The van der Waals surface area contributed by atoms with Crippen molar-refractivity contribution in [1.29, 1.82) is 0 Å². The minimum atomic E-state index is -3.51. The average molecular weight is 468 g/mol. The third-order valence-corrected chi connectivity index (χ3v) is 9.35. The second-order valence-corrected chi connectivity index (χ2v) is 11.5. The maximum atomic E-state index is 13.1. The lowest BCUT2D eigenvalue weighted by Gasteiger charge is -2.40. The van der Waals surface area contributed by atoms with Gasteiger partial charge in [0.15, 0.2) is 5.78 Å². The fourth-order valence-corrected chi connectivity index (χ4v) is 7.23. The topological polar surface area (TPSA) is 101 Å². The first-order valence-electron chi connectivity index (χ1n) is 11.0. The summed E-state index contributed by atoms with van der Waals surface area (Å²) in [5.74, 6) is 0.217. The molecule has 9 heteroatoms. The number of Topliss-reactive ketones (excluding diaryl/α,β-unsaturated/α-hetero) is 2. The first-order chi connectivity index (χ1) is 14.6. The number of piperidine rings is 2. The predicted molar refractivity (Wildman–Crippen MR) is 119 cm³/mol. The van der Waals surface area contributed by atoms with Crippen molar-refractivity contribution in [3.63, 3.8) is 0 Å². The van der Waals surface area contributed by atoms with Gasteiger partial charge in [-0.2, -0.15) is 17.0 Å². The summed E-state index contributed by atoms with van der Waals surface area (Å²) in [6.07, 6.45) is 3.74. The number of benzene rings is 1. The number of carbonyl (C=O) groups excluding carboxylic acids is 2. The largest absolute Gasteiger partial charge is 0.328 e. The van der Waals surface area contributed by atoms with Gasteiger partial charge in [0.2, 0.25) is 0 Å². The monoisotopic (exact) mass is 467 g/mol. The van der Waals surface area contributed by atoms with E-state index in [9.17, 15) is 18.0 Å². The van der Waals surface area contributed by atoms with Crippen molar-refractivity contribution in [1.82, 2.24) is 8.61 Å². The number of fused-ring (bicyclic) bond motifs is 1. The fraction of sp³-hybridized carbons (Fsp3) is 0.636. The normalized spacial score (nSPS) is 26.2. The zero-order chi connectivity index (χ0) is 22.3. The van der Waals surface area contributed by atoms with Crippen LogP contribution >= 0.6 is 11.6 Å². The third kappa shape index (κ3) is 4.73. The zero-order valence-corrected chi connectivity index (χ0v) is 19.4. The highest BCUT2D eigenvalue weighted by Crippen LogP contribution is 2.33. The highest BCUT2D eigenvalue weighted by Gasteiger charge is 2.38. The minimum Gasteiger partial charge on any atom is -0.328 e. The third-order valence-electron chi connectivity index (χ3n) is 6.88. The molecule has 31 heavy (non-hydrogen) atoms. The van der Waals surface area contributed by atoms with E-state index in [-0.39, 0.29) is 29.6 Å². The Balaban J connectivity index is 1.39. The van der Waals surface area contributed by atoms with Gasteiger partial charge in [0.05, 0.1) is 5.02 Å². The summed E-state index contributed by atoms with van der Waals surface area (Å²) in [6.45, 7) is 3.26. The summed E-state index contributed by atoms with van der Waals surface area (Å²) in [7, 11) is -3.51. The second-order valence-electron chi connectivity index (χ2n) is 9.21. The maximum Gasteiger partial charge on any atom is 0.282 e. The van der Waals surface area contributed by atoms with Crippen molar-refractivity contribution in [2.24, 2.45) is 11.7 Å². The molecule has 2 N–H and O–H groups in total. The van der Waals surface area contributed by atoms with E-state index in [1.54, 1.807) is 20.7 Å². The summed E-state index contributed by atoms with van der Waals surface area (Å²) in [5, 5.41) is 0.398. The van der Waals surface area contributed by atoms with Crippen molar-refractivity contribution in [2.75, 3.05) is 19.6 Å². The number of halogens is 1. The van der Waals surface area contributed by atoms with Crippen LogP contribution in [0.1, 0.15) is 60.5 Å². The molecule has 2 atom stereocenters. The molecule has 3 aliphatic rings. The van der Waals surface area contributed by atoms with Crippen LogP contribution in [0.15, 0.2) is 12.1 Å². The summed E-state index contributed by atoms with van der Waals surface area (Å²) in [4.78, 5) is 24.7. The molecule has 0 saturated carbocycles. The molecule has 1 aromatic carbocycles. The van der Waals surface area contributed by atoms with Gasteiger partial charge in [-0.05, 0) is 61.8 Å². The van der Waals surface area contributed by atoms with Crippen LogP contribution in [0.25, 0.3) is 0 Å². The van der Waals surface area contributed by atoms with Crippen molar-refractivity contribution in [3.05, 3.63) is 33.8 Å². The number of carbonyl (C=O) groups is 2. The van der Waals surface area contributed by atoms with E-state index in [1.165, 1.54) is 0 Å². The maximum absolute atomic E-state index is 13.1. The van der Waals surface area contributed by atoms with Crippen LogP contribution in [-0.2, 0) is 27.8 Å². The van der Waals surface area contributed by atoms with Crippen LogP contribution in [0.3, 0.4) is 0 Å². The number of nitrogens with zero attached hydrogens (tertiary/aromatic N) is 2. The Morgan fingerprint density at radius 2 is 1.77 bits per heavy atom. The number of rotatable bonds is 5. The van der Waals surface area contributed by atoms with E-state index in [0.717, 1.165) is 11.1 Å². The van der Waals surface area contributed by atoms with Gasteiger partial charge >= 0.3 is 0 Å². The number of ketones is 2. The van der Waals surface area contributed by atoms with Gasteiger partial charge in [-0.15, -0.1) is 0 Å². The van der Waals surface area contributed by atoms with Gasteiger partial charge in [0.1, 0.15) is 5.78 Å². The lowest BCUT2D eigenvalue weighted by atomic mass is 9.87. The van der Waals surface area contributed by atoms with Crippen molar-refractivity contribution >= 4 is 33.4 Å². The highest BCUT2D eigenvalue weighted by molar-refractivity contribution is 7.86. The molecular weight excluding hydrogens is 438 g/mol. The number of hydrogen-bond donors (Lipinski definition) is 1. The molecule has 7 nitrogen and oxygen atoms in total. The van der Waals surface area contributed by atoms with Crippen LogP contribution in [0, 0.1) is 5.92 Å². The van der Waals surface area contributed by atoms with Crippen molar-refractivity contribution in [3.8, 4) is 0 Å². The van der Waals surface area contributed by atoms with E-state index >= 15 is 0 Å². The number of nitrogens with two attached hydrogens (primary N) is 1. The van der Waals surface area contributed by atoms with E-state index in [0.29, 0.717) is 75.2 Å². The standard InChI is InChI=1S/C22H30ClN3O4S/c1-14-8-15(2-7-26(14)31(29,30)25-5-3-18(24)4-6-25)9-22(28)20-12-16-10-19(27)11-17(16)13-21(20)23/h12-15,18H,2-11,24H2,1H3/t14-,15-/m0/s1. The van der Waals surface area contributed by atoms with Crippen LogP contribution < -0.4 is 5.73 Å². The Labute approximate surface area is 189 Å². The molecule has 2 heterocycles. The zero-order valence-electron chi connectivity index (χ0n) is 17.8. The van der Waals surface area contributed by atoms with E-state index in [2.05, 4.69) is 0 Å². The average Bonchev–Trinajstić information content (AvgIpc) is 3.06. The molecule has 0 spiro atoms. The molecule has 0 bridgehead atoms. The summed E-state index contributed by atoms with van der Waals surface area (Å²) < 4.78 is 29.3. The molecule has 0 radical (unpaired) electrons. The van der Waals surface area contributed by atoms with E-state index in [4.69, 9.17) is 17.3 Å². The minimum absolute atomic E-state index is 0.0364. The van der Waals surface area contributed by atoms with Gasteiger partial charge in [0, 0.05) is 56.5 Å². The van der Waals surface area contributed by atoms with Crippen LogP contribution in [-0.4, -0.2) is 60.3 Å². The first kappa shape index (κ1) is 22.9. The first-order valence-corrected chi connectivity index (χ1v) is 12.8. The van der Waals surface area contributed by atoms with Crippen LogP contribution in [0.2, 0.25) is 5.02 Å². The molecule has 1 aromatic rings. The molecule has 0 aromatic heterocycles. The smallest absolute Gasteiger partial charge is 0.282 e. The van der Waals surface area contributed by atoms with E-state index in [1.807, 2.05) is 6.92 Å². The van der Waals surface area contributed by atoms with Gasteiger partial charge in [-0.1, -0.05) is 11.6 Å². The lowest BCUT2D eigenvalue weighted by Crippen LogP contribution is -2.53. The summed E-state index contributed by atoms with van der Waals surface area (Å²) in [6, 6.07) is 3.43. The Hall–Kier alpha value is -1.32. The number of hydrogen-bond acceptors (Lipinski definition) is 5. The van der Waals surface area contributed by atoms with Crippen LogP contribution in [0.5, 0.6) is 0 Å². The Bertz CT molecular complexity index is 989. The molecule has 2 fully saturated rings. The van der Waals surface area contributed by atoms with Gasteiger partial charge < -0.3 is 5.73 Å². The lowest BCUT2D eigenvalue weighted by molar-refractivity contribution is -0.117. The Kier molecular flexibility index (Phi) is 6.57. The Morgan fingerprint density at radius 1 is 1.13 bits per heavy atom. The molecule has 1 aliphatic carbocycles. The molecule has 4 rings (SSSR count). The highest BCUT2D eigenvalue weighted by atomic mass is 35.5. The van der Waals surface area contributed by atoms with Crippen LogP contribution in [0.4, 0.5) is 0 Å². The summed E-state index contributed by atoms with van der Waals surface area (Å²) >= 11 is 6.34. The SMILES string of the molecule is C[C@H]1C[C@@H](CC(=O)c2cc3c(cc2Cl)CC(=O)C3)CCN1S(=O)(=O)N1CCC(N)CC1. The Morgan fingerprint density at radius 3 is 2.42 bits per heavy atom. The second kappa shape index (κ2) is 8.90. The molecule has 2 saturated heterocycles. The molecule has 0 amide bonds. The van der Waals surface area contributed by atoms with Crippen molar-refractivity contribution < 1.29 is 18.0 Å². The molecular formula is C22H30ClN3O4S. The van der Waals surface area contributed by atoms with Gasteiger partial charge in [0.25, 0.3) is 10.2 Å². The van der Waals surface area contributed by atoms with Gasteiger partial charge in [-0.3, -0.25) is 9.59 Å². The molecule has 0 unspecified atom stereocenters. The van der Waals surface area contributed by atoms with Gasteiger partial charge in [-0.25, -0.2) is 0 Å².